The maximum Gasteiger partial charge on any atom is 0.326 e. The average Bonchev–Trinajstić information content (AvgIpc) is 2.20. The van der Waals surface area contributed by atoms with E-state index in [4.69, 9.17) is 9.84 Å². The van der Waals surface area contributed by atoms with Gasteiger partial charge in [0.05, 0.1) is 0 Å². The number of rotatable bonds is 7. The number of hydrogen-bond acceptors (Lipinski definition) is 3. The van der Waals surface area contributed by atoms with Gasteiger partial charge in [-0.25, -0.2) is 4.79 Å². The summed E-state index contributed by atoms with van der Waals surface area (Å²) in [4.78, 5) is 22.1. The highest BCUT2D eigenvalue weighted by Crippen LogP contribution is 1.99. The van der Waals surface area contributed by atoms with Gasteiger partial charge in [0, 0.05) is 6.61 Å². The van der Waals surface area contributed by atoms with Crippen LogP contribution in [0, 0.1) is 0 Å². The molecule has 0 unspecified atom stereocenters. The van der Waals surface area contributed by atoms with Crippen LogP contribution >= 0.6 is 0 Å². The van der Waals surface area contributed by atoms with Gasteiger partial charge in [-0.2, -0.15) is 0 Å². The van der Waals surface area contributed by atoms with Crippen molar-refractivity contribution in [2.24, 2.45) is 0 Å². The molecule has 0 saturated heterocycles. The van der Waals surface area contributed by atoms with Crippen molar-refractivity contribution < 1.29 is 19.4 Å². The predicted octanol–water partition coefficient (Wildman–Crippen LogP) is 0.949. The number of carboxylic acid groups (broad SMARTS) is 1. The van der Waals surface area contributed by atoms with Crippen molar-refractivity contribution in [2.45, 2.75) is 33.2 Å². The minimum Gasteiger partial charge on any atom is -0.480 e. The quantitative estimate of drug-likeness (QED) is 0.637. The summed E-state index contributed by atoms with van der Waals surface area (Å²) in [5.74, 6) is -1.45. The Labute approximate surface area is 95.5 Å². The van der Waals surface area contributed by atoms with Crippen molar-refractivity contribution in [3.05, 3.63) is 11.6 Å². The van der Waals surface area contributed by atoms with Crippen molar-refractivity contribution >= 4 is 11.9 Å². The van der Waals surface area contributed by atoms with E-state index in [2.05, 4.69) is 5.32 Å². The minimum absolute atomic E-state index is 0.102. The highest BCUT2D eigenvalue weighted by atomic mass is 16.5. The molecule has 0 aromatic rings. The van der Waals surface area contributed by atoms with E-state index in [9.17, 15) is 9.59 Å². The Morgan fingerprint density at radius 3 is 2.50 bits per heavy atom. The first-order valence-corrected chi connectivity index (χ1v) is 5.20. The third-order valence-corrected chi connectivity index (χ3v) is 1.83. The summed E-state index contributed by atoms with van der Waals surface area (Å²) in [6.45, 7) is 5.85. The Bertz CT molecular complexity index is 269. The van der Waals surface area contributed by atoms with Crippen molar-refractivity contribution in [2.75, 3.05) is 13.2 Å². The minimum atomic E-state index is -1.04. The Morgan fingerprint density at radius 1 is 1.44 bits per heavy atom. The summed E-state index contributed by atoms with van der Waals surface area (Å²) in [6, 6.07) is -0.886. The zero-order valence-corrected chi connectivity index (χ0v) is 9.95. The van der Waals surface area contributed by atoms with Gasteiger partial charge in [-0.1, -0.05) is 11.6 Å². The monoisotopic (exact) mass is 229 g/mol. The second-order valence-corrected chi connectivity index (χ2v) is 3.61. The van der Waals surface area contributed by atoms with Gasteiger partial charge in [-0.3, -0.25) is 4.79 Å². The van der Waals surface area contributed by atoms with Crippen LogP contribution in [-0.2, 0) is 14.3 Å². The molecule has 0 aromatic carbocycles. The van der Waals surface area contributed by atoms with E-state index in [0.29, 0.717) is 6.61 Å². The van der Waals surface area contributed by atoms with Crippen molar-refractivity contribution in [3.63, 3.8) is 0 Å². The lowest BCUT2D eigenvalue weighted by molar-refractivity contribution is -0.142. The zero-order chi connectivity index (χ0) is 12.6. The average molecular weight is 229 g/mol. The second kappa shape index (κ2) is 7.87. The second-order valence-electron chi connectivity index (χ2n) is 3.61. The molecule has 92 valence electrons. The molecule has 0 heterocycles. The number of aliphatic carboxylic acids is 1. The lowest BCUT2D eigenvalue weighted by atomic mass is 10.1. The summed E-state index contributed by atoms with van der Waals surface area (Å²) in [5, 5.41) is 11.3. The number of carbonyl (C=O) groups is 2. The Kier molecular flexibility index (Phi) is 7.20. The first-order valence-electron chi connectivity index (χ1n) is 5.20. The van der Waals surface area contributed by atoms with Gasteiger partial charge in [0.1, 0.15) is 12.6 Å². The van der Waals surface area contributed by atoms with Crippen LogP contribution in [0.15, 0.2) is 11.6 Å². The lowest BCUT2D eigenvalue weighted by Crippen LogP contribution is -2.42. The number of hydrogen-bond donors (Lipinski definition) is 2. The molecule has 0 fully saturated rings. The van der Waals surface area contributed by atoms with Crippen molar-refractivity contribution in [1.29, 1.82) is 0 Å². The Morgan fingerprint density at radius 2 is 2.06 bits per heavy atom. The largest absolute Gasteiger partial charge is 0.480 e. The van der Waals surface area contributed by atoms with Crippen LogP contribution < -0.4 is 5.32 Å². The van der Waals surface area contributed by atoms with Gasteiger partial charge < -0.3 is 15.2 Å². The van der Waals surface area contributed by atoms with Crippen LogP contribution in [0.25, 0.3) is 0 Å². The van der Waals surface area contributed by atoms with E-state index in [-0.39, 0.29) is 13.0 Å². The Balaban J connectivity index is 4.18. The van der Waals surface area contributed by atoms with Gasteiger partial charge in [0.25, 0.3) is 0 Å². The number of ether oxygens (including phenoxy) is 1. The van der Waals surface area contributed by atoms with Crippen LogP contribution in [-0.4, -0.2) is 36.2 Å². The van der Waals surface area contributed by atoms with Crippen LogP contribution in [0.3, 0.4) is 0 Å². The summed E-state index contributed by atoms with van der Waals surface area (Å²) in [7, 11) is 0. The molecule has 0 rings (SSSR count). The molecule has 1 atom stereocenters. The summed E-state index contributed by atoms with van der Waals surface area (Å²) in [6.07, 6.45) is 2.06. The van der Waals surface area contributed by atoms with E-state index >= 15 is 0 Å². The smallest absolute Gasteiger partial charge is 0.326 e. The highest BCUT2D eigenvalue weighted by molar-refractivity contribution is 5.84. The van der Waals surface area contributed by atoms with Crippen LogP contribution in [0.1, 0.15) is 27.2 Å². The first kappa shape index (κ1) is 14.6. The van der Waals surface area contributed by atoms with Crippen LogP contribution in [0.4, 0.5) is 0 Å². The fourth-order valence-electron chi connectivity index (χ4n) is 1.01. The van der Waals surface area contributed by atoms with Gasteiger partial charge >= 0.3 is 5.97 Å². The van der Waals surface area contributed by atoms with Gasteiger partial charge in [0.15, 0.2) is 0 Å². The summed E-state index contributed by atoms with van der Waals surface area (Å²) < 4.78 is 4.88. The molecule has 0 aliphatic heterocycles. The van der Waals surface area contributed by atoms with E-state index in [1.54, 1.807) is 13.0 Å². The molecule has 5 heteroatoms. The number of carbonyl (C=O) groups excluding carboxylic acids is 1. The first-order chi connectivity index (χ1) is 7.47. The normalized spacial score (nSPS) is 11.7. The third-order valence-electron chi connectivity index (χ3n) is 1.83. The fraction of sp³-hybridized carbons (Fsp3) is 0.636. The standard InChI is InChI=1S/C11H19NO4/c1-4-16-7-10(13)12-9(11(14)15)6-5-8(2)3/h5,9H,4,6-7H2,1-3H3,(H,12,13)(H,14,15)/t9-/m1/s1. The van der Waals surface area contributed by atoms with E-state index in [0.717, 1.165) is 5.57 Å². The van der Waals surface area contributed by atoms with E-state index in [1.165, 1.54) is 0 Å². The number of allylic oxidation sites excluding steroid dienone is 1. The van der Waals surface area contributed by atoms with Gasteiger partial charge in [-0.05, 0) is 27.2 Å². The van der Waals surface area contributed by atoms with Gasteiger partial charge in [-0.15, -0.1) is 0 Å². The van der Waals surface area contributed by atoms with Crippen molar-refractivity contribution in [3.8, 4) is 0 Å². The Hall–Kier alpha value is -1.36. The lowest BCUT2D eigenvalue weighted by Gasteiger charge is -2.12. The summed E-state index contributed by atoms with van der Waals surface area (Å²) in [5.41, 5.74) is 1.02. The topological polar surface area (TPSA) is 75.6 Å². The number of carboxylic acids is 1. The molecule has 0 saturated carbocycles. The molecule has 2 N–H and O–H groups in total. The van der Waals surface area contributed by atoms with Crippen LogP contribution in [0.5, 0.6) is 0 Å². The zero-order valence-electron chi connectivity index (χ0n) is 9.95. The molecule has 0 aliphatic rings. The van der Waals surface area contributed by atoms with Crippen LogP contribution in [0.2, 0.25) is 0 Å². The molecular weight excluding hydrogens is 210 g/mol. The molecular formula is C11H19NO4. The fourth-order valence-corrected chi connectivity index (χ4v) is 1.01. The SMILES string of the molecule is CCOCC(=O)N[C@H](CC=C(C)C)C(=O)O. The molecule has 0 bridgehead atoms. The molecule has 0 aromatic heterocycles. The van der Waals surface area contributed by atoms with E-state index in [1.807, 2.05) is 13.8 Å². The number of nitrogens with one attached hydrogen (secondary N) is 1. The molecule has 16 heavy (non-hydrogen) atoms. The molecule has 5 nitrogen and oxygen atoms in total. The third kappa shape index (κ3) is 7.00. The highest BCUT2D eigenvalue weighted by Gasteiger charge is 2.18. The molecule has 0 aliphatic carbocycles. The molecule has 0 spiro atoms. The maximum absolute atomic E-state index is 11.2. The van der Waals surface area contributed by atoms with Crippen molar-refractivity contribution in [1.82, 2.24) is 5.32 Å². The summed E-state index contributed by atoms with van der Waals surface area (Å²) >= 11 is 0. The predicted molar refractivity (Wildman–Crippen MR) is 60.1 cm³/mol. The van der Waals surface area contributed by atoms with E-state index < -0.39 is 17.9 Å². The number of amides is 1. The molecule has 1 amide bonds. The molecule has 0 radical (unpaired) electrons. The maximum atomic E-state index is 11.2. The van der Waals surface area contributed by atoms with Gasteiger partial charge in [0.2, 0.25) is 5.91 Å².